The SMILES string of the molecule is CO[C@H]1[C@H](C)O[C@H](OP(=O)(O)OP(=O)(O)OC[C@H]2O[C@@H](n3cc(C)c(=O)[nH]c3=O)C[C@@H]2O)C[C@]1(C)N=O. The van der Waals surface area contributed by atoms with Gasteiger partial charge in [-0.1, -0.05) is 5.18 Å². The second kappa shape index (κ2) is 11.2. The summed E-state index contributed by atoms with van der Waals surface area (Å²) < 4.78 is 55.6. The predicted octanol–water partition coefficient (Wildman–Crippen LogP) is 0.419. The Hall–Kier alpha value is -1.62. The van der Waals surface area contributed by atoms with Gasteiger partial charge in [-0.05, 0) is 20.8 Å². The zero-order valence-electron chi connectivity index (χ0n) is 20.3. The number of aromatic nitrogens is 2. The molecule has 2 unspecified atom stereocenters. The molecule has 2 saturated heterocycles. The van der Waals surface area contributed by atoms with Crippen LogP contribution < -0.4 is 11.2 Å². The lowest BCUT2D eigenvalue weighted by Gasteiger charge is -2.42. The van der Waals surface area contributed by atoms with E-state index in [0.717, 1.165) is 4.57 Å². The molecule has 0 amide bonds. The summed E-state index contributed by atoms with van der Waals surface area (Å²) in [5, 5.41) is 13.2. The van der Waals surface area contributed by atoms with Crippen LogP contribution in [0.5, 0.6) is 0 Å². The fourth-order valence-corrected chi connectivity index (χ4v) is 6.38. The molecule has 0 aliphatic carbocycles. The van der Waals surface area contributed by atoms with Gasteiger partial charge in [0.2, 0.25) is 0 Å². The summed E-state index contributed by atoms with van der Waals surface area (Å²) in [4.78, 5) is 57.0. The van der Waals surface area contributed by atoms with E-state index in [1.165, 1.54) is 34.1 Å². The number of aliphatic hydroxyl groups excluding tert-OH is 1. The number of phosphoric ester groups is 2. The summed E-state index contributed by atoms with van der Waals surface area (Å²) in [6.07, 6.45) is -5.84. The van der Waals surface area contributed by atoms with Gasteiger partial charge >= 0.3 is 21.3 Å². The highest BCUT2D eigenvalue weighted by Crippen LogP contribution is 2.61. The van der Waals surface area contributed by atoms with Crippen molar-refractivity contribution < 1.29 is 51.6 Å². The van der Waals surface area contributed by atoms with E-state index in [1.54, 1.807) is 0 Å². The van der Waals surface area contributed by atoms with Gasteiger partial charge < -0.3 is 29.1 Å². The number of nitrogens with one attached hydrogen (secondary N) is 1. The normalized spacial score (nSPS) is 35.5. The van der Waals surface area contributed by atoms with Crippen LogP contribution in [-0.4, -0.2) is 74.4 Å². The molecule has 9 atom stereocenters. The largest absolute Gasteiger partial charge is 0.483 e. The number of phosphoric acid groups is 2. The average Bonchev–Trinajstić information content (AvgIpc) is 3.14. The monoisotopic (exact) mass is 573 g/mol. The minimum atomic E-state index is -5.29. The van der Waals surface area contributed by atoms with E-state index in [1.807, 2.05) is 0 Å². The number of rotatable bonds is 10. The Morgan fingerprint density at radius 1 is 1.27 bits per heavy atom. The third-order valence-electron chi connectivity index (χ3n) is 5.97. The van der Waals surface area contributed by atoms with Gasteiger partial charge in [0.05, 0.1) is 18.8 Å². The molecule has 3 rings (SSSR count). The number of aliphatic hydroxyl groups is 1. The summed E-state index contributed by atoms with van der Waals surface area (Å²) in [5.74, 6) is 0. The van der Waals surface area contributed by atoms with Crippen molar-refractivity contribution in [3.63, 3.8) is 0 Å². The van der Waals surface area contributed by atoms with Crippen LogP contribution in [0.25, 0.3) is 0 Å². The summed E-state index contributed by atoms with van der Waals surface area (Å²) in [5.41, 5.74) is -2.56. The van der Waals surface area contributed by atoms with Crippen molar-refractivity contribution in [2.75, 3.05) is 13.7 Å². The molecular formula is C18H29N3O14P2. The molecule has 1 aromatic rings. The van der Waals surface area contributed by atoms with Crippen LogP contribution in [0.1, 0.15) is 38.5 Å². The number of hydrogen-bond acceptors (Lipinski definition) is 13. The van der Waals surface area contributed by atoms with Crippen LogP contribution in [0, 0.1) is 11.8 Å². The van der Waals surface area contributed by atoms with E-state index in [9.17, 15) is 38.5 Å². The molecular weight excluding hydrogens is 544 g/mol. The smallest absolute Gasteiger partial charge is 0.390 e. The Morgan fingerprint density at radius 3 is 2.57 bits per heavy atom. The number of aromatic amines is 1. The Bertz CT molecular complexity index is 1200. The lowest BCUT2D eigenvalue weighted by Crippen LogP contribution is -2.54. The minimum Gasteiger partial charge on any atom is -0.390 e. The van der Waals surface area contributed by atoms with Crippen molar-refractivity contribution in [3.8, 4) is 0 Å². The molecule has 2 aliphatic heterocycles. The van der Waals surface area contributed by atoms with Crippen molar-refractivity contribution in [2.24, 2.45) is 5.18 Å². The molecule has 19 heteroatoms. The van der Waals surface area contributed by atoms with Gasteiger partial charge in [-0.15, -0.1) is 0 Å². The third-order valence-corrected chi connectivity index (χ3v) is 8.60. The second-order valence-electron chi connectivity index (χ2n) is 8.91. The molecule has 2 fully saturated rings. The highest BCUT2D eigenvalue weighted by molar-refractivity contribution is 7.61. The third kappa shape index (κ3) is 7.07. The summed E-state index contributed by atoms with van der Waals surface area (Å²) in [6, 6.07) is 0. The maximum atomic E-state index is 12.4. The number of methoxy groups -OCH3 is 1. The van der Waals surface area contributed by atoms with E-state index in [4.69, 9.17) is 23.3 Å². The first-order valence-electron chi connectivity index (χ1n) is 11.0. The second-order valence-corrected chi connectivity index (χ2v) is 11.9. The highest BCUT2D eigenvalue weighted by atomic mass is 31.3. The van der Waals surface area contributed by atoms with E-state index in [2.05, 4.69) is 14.5 Å². The number of nitroso groups, excluding NO2 is 1. The highest BCUT2D eigenvalue weighted by Gasteiger charge is 2.50. The summed E-state index contributed by atoms with van der Waals surface area (Å²) >= 11 is 0. The van der Waals surface area contributed by atoms with E-state index in [-0.39, 0.29) is 18.4 Å². The van der Waals surface area contributed by atoms with Gasteiger partial charge in [-0.25, -0.2) is 13.9 Å². The van der Waals surface area contributed by atoms with Crippen molar-refractivity contribution in [3.05, 3.63) is 37.5 Å². The molecule has 17 nitrogen and oxygen atoms in total. The summed E-state index contributed by atoms with van der Waals surface area (Å²) in [6.45, 7) is 3.62. The average molecular weight is 573 g/mol. The van der Waals surface area contributed by atoms with Gasteiger partial charge in [-0.2, -0.15) is 9.22 Å². The molecule has 0 saturated carbocycles. The van der Waals surface area contributed by atoms with Gasteiger partial charge in [0, 0.05) is 31.7 Å². The molecule has 1 aromatic heterocycles. The standard InChI is InChI=1S/C18H29N3O14P2/c1-9-7-21(17(24)19-16(9)23)13-5-11(22)12(33-13)8-31-36(26,27)35-37(28,29)34-14-6-18(3,20-25)15(30-4)10(2)32-14/h7,10-15,22H,5-6,8H2,1-4H3,(H,26,27)(H,28,29)(H,19,23,24)/t10-,11-,12+,13+,14+,15-,18-/m0/s1. The van der Waals surface area contributed by atoms with Crippen molar-refractivity contribution in [1.29, 1.82) is 0 Å². The Morgan fingerprint density at radius 2 is 1.95 bits per heavy atom. The van der Waals surface area contributed by atoms with E-state index >= 15 is 0 Å². The zero-order chi connectivity index (χ0) is 27.8. The molecule has 210 valence electrons. The van der Waals surface area contributed by atoms with E-state index in [0.29, 0.717) is 0 Å². The van der Waals surface area contributed by atoms with Crippen molar-refractivity contribution in [2.45, 2.75) is 76.1 Å². The first-order chi connectivity index (χ1) is 17.1. The predicted molar refractivity (Wildman–Crippen MR) is 122 cm³/mol. The minimum absolute atomic E-state index is 0.124. The molecule has 2 aliphatic rings. The lowest BCUT2D eigenvalue weighted by molar-refractivity contribution is -0.214. The fourth-order valence-electron chi connectivity index (χ4n) is 4.24. The van der Waals surface area contributed by atoms with Gasteiger partial charge in [0.15, 0.2) is 6.29 Å². The number of H-pyrrole nitrogens is 1. The first kappa shape index (κ1) is 29.9. The lowest BCUT2D eigenvalue weighted by atomic mass is 9.86. The maximum Gasteiger partial charge on any atom is 0.483 e. The quantitative estimate of drug-likeness (QED) is 0.219. The number of ether oxygens (including phenoxy) is 3. The zero-order valence-corrected chi connectivity index (χ0v) is 22.1. The number of aryl methyl sites for hydroxylation is 1. The Kier molecular flexibility index (Phi) is 9.09. The molecule has 37 heavy (non-hydrogen) atoms. The molecule has 0 aromatic carbocycles. The molecule has 0 radical (unpaired) electrons. The molecule has 0 bridgehead atoms. The number of hydrogen-bond donors (Lipinski definition) is 4. The summed E-state index contributed by atoms with van der Waals surface area (Å²) in [7, 11) is -9.21. The van der Waals surface area contributed by atoms with Crippen molar-refractivity contribution in [1.82, 2.24) is 9.55 Å². The van der Waals surface area contributed by atoms with Crippen LogP contribution in [-0.2, 0) is 36.7 Å². The van der Waals surface area contributed by atoms with Crippen molar-refractivity contribution >= 4 is 15.6 Å². The van der Waals surface area contributed by atoms with Gasteiger partial charge in [-0.3, -0.25) is 23.4 Å². The van der Waals surface area contributed by atoms with Crippen LogP contribution >= 0.6 is 15.6 Å². The Balaban J connectivity index is 1.59. The maximum absolute atomic E-state index is 12.4. The molecule has 4 N–H and O–H groups in total. The van der Waals surface area contributed by atoms with Crippen LogP contribution in [0.2, 0.25) is 0 Å². The Labute approximate surface area is 209 Å². The van der Waals surface area contributed by atoms with Crippen LogP contribution in [0.15, 0.2) is 21.0 Å². The van der Waals surface area contributed by atoms with Gasteiger partial charge in [0.25, 0.3) is 5.56 Å². The van der Waals surface area contributed by atoms with E-state index < -0.39 is 76.0 Å². The first-order valence-corrected chi connectivity index (χ1v) is 14.0. The molecule has 3 heterocycles. The van der Waals surface area contributed by atoms with Crippen LogP contribution in [0.4, 0.5) is 0 Å². The molecule has 0 spiro atoms. The van der Waals surface area contributed by atoms with Crippen LogP contribution in [0.3, 0.4) is 0 Å². The topological polar surface area (TPSA) is 234 Å². The number of nitrogens with zero attached hydrogens (tertiary/aromatic N) is 2. The fraction of sp³-hybridized carbons (Fsp3) is 0.778. The van der Waals surface area contributed by atoms with Gasteiger partial charge in [0.1, 0.15) is 24.0 Å².